The first-order chi connectivity index (χ1) is 18.2. The molecule has 38 heavy (non-hydrogen) atoms. The summed E-state index contributed by atoms with van der Waals surface area (Å²) in [5.74, 6) is 0.751. The Morgan fingerprint density at radius 1 is 1.13 bits per heavy atom. The van der Waals surface area contributed by atoms with E-state index in [1.807, 2.05) is 12.3 Å². The summed E-state index contributed by atoms with van der Waals surface area (Å²) in [7, 11) is -2.06. The maximum absolute atomic E-state index is 11.2. The van der Waals surface area contributed by atoms with Gasteiger partial charge in [0.25, 0.3) is 0 Å². The summed E-state index contributed by atoms with van der Waals surface area (Å²) in [5, 5.41) is 11.0. The molecule has 9 nitrogen and oxygen atoms in total. The molecular formula is C27H36ClN7O2S. The highest BCUT2D eigenvalue weighted by Gasteiger charge is 2.19. The summed E-state index contributed by atoms with van der Waals surface area (Å²) >= 11 is 5.67. The Hall–Kier alpha value is -3.05. The quantitative estimate of drug-likeness (QED) is 0.275. The van der Waals surface area contributed by atoms with E-state index in [1.165, 1.54) is 30.3 Å². The van der Waals surface area contributed by atoms with Crippen molar-refractivity contribution in [3.05, 3.63) is 77.2 Å². The maximum atomic E-state index is 11.2. The van der Waals surface area contributed by atoms with Crippen molar-refractivity contribution in [2.75, 3.05) is 12.4 Å². The largest absolute Gasteiger partial charge is 0.351 e. The highest BCUT2D eigenvalue weighted by atomic mass is 35.5. The molecule has 11 heteroatoms. The second kappa shape index (κ2) is 14.2. The lowest BCUT2D eigenvalue weighted by atomic mass is 9.92. The van der Waals surface area contributed by atoms with E-state index in [0.29, 0.717) is 12.1 Å². The third kappa shape index (κ3) is 8.49. The number of halogens is 1. The van der Waals surface area contributed by atoms with Gasteiger partial charge in [0.05, 0.1) is 10.5 Å². The number of nitrogens with zero attached hydrogens (tertiary/aromatic N) is 3. The minimum atomic E-state index is -3.41. The Kier molecular flexibility index (Phi) is 11.0. The van der Waals surface area contributed by atoms with Crippen molar-refractivity contribution in [1.29, 1.82) is 0 Å². The third-order valence-electron chi connectivity index (χ3n) is 6.19. The molecular weight excluding hydrogens is 522 g/mol. The Morgan fingerprint density at radius 3 is 2.45 bits per heavy atom. The average Bonchev–Trinajstić information content (AvgIpc) is 3.51. The van der Waals surface area contributed by atoms with Gasteiger partial charge in [0.2, 0.25) is 16.0 Å². The number of aromatic nitrogens is 4. The molecule has 2 aromatic carbocycles. The molecule has 2 heterocycles. The van der Waals surface area contributed by atoms with Crippen LogP contribution in [0.1, 0.15) is 43.7 Å². The van der Waals surface area contributed by atoms with E-state index < -0.39 is 10.0 Å². The van der Waals surface area contributed by atoms with Crippen molar-refractivity contribution in [3.8, 4) is 0 Å². The normalized spacial score (nSPS) is 17.1. The first-order valence-electron chi connectivity index (χ1n) is 12.6. The highest BCUT2D eigenvalue weighted by molar-refractivity contribution is 7.89. The molecule has 2 aromatic heterocycles. The Balaban J connectivity index is 0.000000197. The van der Waals surface area contributed by atoms with Crippen LogP contribution in [0.15, 0.2) is 66.0 Å². The van der Waals surface area contributed by atoms with Gasteiger partial charge in [-0.05, 0) is 75.9 Å². The number of nitrogens with two attached hydrogens (primary N) is 1. The summed E-state index contributed by atoms with van der Waals surface area (Å²) < 4.78 is 24.6. The van der Waals surface area contributed by atoms with Crippen molar-refractivity contribution in [3.63, 3.8) is 0 Å². The van der Waals surface area contributed by atoms with Gasteiger partial charge in [-0.1, -0.05) is 42.3 Å². The summed E-state index contributed by atoms with van der Waals surface area (Å²) in [5.41, 5.74) is 9.60. The zero-order chi connectivity index (χ0) is 27.5. The first kappa shape index (κ1) is 29.5. The average molecular weight is 558 g/mol. The van der Waals surface area contributed by atoms with Crippen LogP contribution in [0.4, 0.5) is 5.95 Å². The fourth-order valence-electron chi connectivity index (χ4n) is 4.16. The second-order valence-corrected chi connectivity index (χ2v) is 11.3. The summed E-state index contributed by atoms with van der Waals surface area (Å²) in [6.07, 6.45) is 10.8. The van der Waals surface area contributed by atoms with Crippen LogP contribution in [-0.2, 0) is 16.4 Å². The molecule has 0 bridgehead atoms. The van der Waals surface area contributed by atoms with E-state index in [0.717, 1.165) is 49.0 Å². The van der Waals surface area contributed by atoms with Crippen molar-refractivity contribution in [2.45, 2.75) is 62.9 Å². The molecule has 4 aromatic rings. The molecule has 0 aliphatic heterocycles. The lowest BCUT2D eigenvalue weighted by Gasteiger charge is -2.26. The number of aromatic amines is 1. The number of H-pyrrole nitrogens is 1. The van der Waals surface area contributed by atoms with E-state index in [-0.39, 0.29) is 9.92 Å². The summed E-state index contributed by atoms with van der Waals surface area (Å²) in [4.78, 5) is 9.34. The smallest absolute Gasteiger partial charge is 0.241 e. The Bertz CT molecular complexity index is 1370. The van der Waals surface area contributed by atoms with Gasteiger partial charge < -0.3 is 11.1 Å². The van der Waals surface area contributed by atoms with Gasteiger partial charge in [-0.25, -0.2) is 23.1 Å². The van der Waals surface area contributed by atoms with E-state index in [4.69, 9.17) is 22.3 Å². The maximum Gasteiger partial charge on any atom is 0.241 e. The van der Waals surface area contributed by atoms with Crippen molar-refractivity contribution in [1.82, 2.24) is 24.9 Å². The molecule has 204 valence electrons. The van der Waals surface area contributed by atoms with E-state index in [2.05, 4.69) is 51.2 Å². The van der Waals surface area contributed by atoms with Crippen molar-refractivity contribution >= 4 is 38.5 Å². The first-order valence-corrected chi connectivity index (χ1v) is 14.5. The van der Waals surface area contributed by atoms with Crippen LogP contribution in [-0.4, -0.2) is 47.7 Å². The Labute approximate surface area is 229 Å². The number of aryl methyl sites for hydroxylation is 2. The number of rotatable bonds is 5. The molecule has 0 unspecified atom stereocenters. The van der Waals surface area contributed by atoms with Crippen LogP contribution in [0.3, 0.4) is 0 Å². The van der Waals surface area contributed by atoms with Gasteiger partial charge in [0.15, 0.2) is 0 Å². The number of anilines is 1. The highest BCUT2D eigenvalue weighted by Crippen LogP contribution is 2.23. The molecule has 1 saturated carbocycles. The molecule has 1 fully saturated rings. The number of hydrogen-bond acceptors (Lipinski definition) is 7. The number of fused-ring (bicyclic) bond motifs is 1. The minimum Gasteiger partial charge on any atom is -0.351 e. The van der Waals surface area contributed by atoms with E-state index in [1.54, 1.807) is 24.5 Å². The number of benzene rings is 2. The van der Waals surface area contributed by atoms with E-state index >= 15 is 0 Å². The molecule has 5 rings (SSSR count). The van der Waals surface area contributed by atoms with Crippen LogP contribution >= 0.6 is 11.6 Å². The zero-order valence-electron chi connectivity index (χ0n) is 22.0. The molecule has 0 saturated heterocycles. The zero-order valence-corrected chi connectivity index (χ0v) is 23.6. The van der Waals surface area contributed by atoms with Gasteiger partial charge in [-0.3, -0.25) is 5.10 Å². The lowest BCUT2D eigenvalue weighted by Crippen LogP contribution is -2.33. The second-order valence-electron chi connectivity index (χ2n) is 9.07. The molecule has 1 aliphatic carbocycles. The predicted octanol–water partition coefficient (Wildman–Crippen LogP) is 4.84. The number of sulfonamides is 1. The molecule has 5 N–H and O–H groups in total. The van der Waals surface area contributed by atoms with Gasteiger partial charge >= 0.3 is 0 Å². The monoisotopic (exact) mass is 557 g/mol. The van der Waals surface area contributed by atoms with Gasteiger partial charge in [-0.15, -0.1) is 0 Å². The van der Waals surface area contributed by atoms with Gasteiger partial charge in [0.1, 0.15) is 4.90 Å². The van der Waals surface area contributed by atoms with Crippen LogP contribution in [0.5, 0.6) is 0 Å². The van der Waals surface area contributed by atoms with Crippen molar-refractivity contribution < 1.29 is 8.42 Å². The third-order valence-corrected chi connectivity index (χ3v) is 8.11. The predicted molar refractivity (Wildman–Crippen MR) is 154 cm³/mol. The fourth-order valence-corrected chi connectivity index (χ4v) is 5.40. The summed E-state index contributed by atoms with van der Waals surface area (Å²) in [6.45, 7) is 4.29. The van der Waals surface area contributed by atoms with Crippen molar-refractivity contribution in [2.24, 2.45) is 5.73 Å². The molecule has 0 spiro atoms. The Morgan fingerprint density at radius 2 is 1.87 bits per heavy atom. The molecule has 0 radical (unpaired) electrons. The van der Waals surface area contributed by atoms with Gasteiger partial charge in [-0.2, -0.15) is 5.10 Å². The lowest BCUT2D eigenvalue weighted by molar-refractivity contribution is 0.410. The van der Waals surface area contributed by atoms with E-state index in [9.17, 15) is 8.42 Å². The summed E-state index contributed by atoms with van der Waals surface area (Å²) in [6, 6.07) is 13.3. The number of nitrogens with one attached hydrogen (secondary N) is 3. The van der Waals surface area contributed by atoms with Crippen LogP contribution < -0.4 is 15.8 Å². The SMILES string of the molecule is CCc1cc(C)cc2cnc(NC3CCC(N)CC3)nc12.CNS(=O)(=O)c1ccccc1Cl.c1cn[nH]c1. The number of hydrogen-bond donors (Lipinski definition) is 4. The standard InChI is InChI=1S/C17H24N4.C7H8ClNO2S.C3H4N2/c1-3-12-8-11(2)9-13-10-19-17(21-16(12)13)20-15-6-4-14(18)5-7-15;1-9-12(10,11)7-5-3-2-4-6(7)8;1-2-4-5-3-1/h8-10,14-15H,3-7,18H2,1-2H3,(H,19,20,21);2-5,9H,1H3;1-3H,(H,4,5). The molecule has 1 aliphatic rings. The molecule has 0 atom stereocenters. The topological polar surface area (TPSA) is 139 Å². The van der Waals surface area contributed by atoms with Crippen LogP contribution in [0.2, 0.25) is 5.02 Å². The molecule has 0 amide bonds. The fraction of sp³-hybridized carbons (Fsp3) is 0.370. The van der Waals surface area contributed by atoms with Crippen LogP contribution in [0, 0.1) is 6.92 Å². The minimum absolute atomic E-state index is 0.106. The van der Waals surface area contributed by atoms with Gasteiger partial charge in [0, 0.05) is 36.1 Å². The van der Waals surface area contributed by atoms with Crippen LogP contribution in [0.25, 0.3) is 10.9 Å².